The fraction of sp³-hybridized carbons (Fsp3) is 0.161. The zero-order valence-electron chi connectivity index (χ0n) is 21.1. The quantitative estimate of drug-likeness (QED) is 0.262. The van der Waals surface area contributed by atoms with Crippen LogP contribution in [0.15, 0.2) is 89.9 Å². The predicted octanol–water partition coefficient (Wildman–Crippen LogP) is 7.04. The molecule has 182 valence electrons. The van der Waals surface area contributed by atoms with Crippen molar-refractivity contribution in [3.8, 4) is 16.8 Å². The maximum atomic E-state index is 14.3. The number of fused-ring (bicyclic) bond motifs is 1. The van der Waals surface area contributed by atoms with Crippen molar-refractivity contribution in [2.45, 2.75) is 33.2 Å². The van der Waals surface area contributed by atoms with Crippen LogP contribution in [0.1, 0.15) is 37.0 Å². The van der Waals surface area contributed by atoms with Crippen molar-refractivity contribution in [2.24, 2.45) is 0 Å². The lowest BCUT2D eigenvalue weighted by Gasteiger charge is -2.22. The fourth-order valence-corrected chi connectivity index (χ4v) is 4.67. The van der Waals surface area contributed by atoms with Crippen molar-refractivity contribution in [1.82, 2.24) is 14.5 Å². The van der Waals surface area contributed by atoms with Gasteiger partial charge in [0.2, 0.25) is 5.69 Å². The number of hydrogen-bond donors (Lipinski definition) is 1. The van der Waals surface area contributed by atoms with Gasteiger partial charge in [0, 0.05) is 17.6 Å². The molecule has 0 bridgehead atoms. The summed E-state index contributed by atoms with van der Waals surface area (Å²) in [6, 6.07) is 25.7. The molecule has 1 atom stereocenters. The number of nitrogens with zero attached hydrogens (tertiary/aromatic N) is 4. The minimum atomic E-state index is -0.320. The monoisotopic (exact) mass is 485 g/mol. The fourth-order valence-electron chi connectivity index (χ4n) is 4.67. The average Bonchev–Trinajstić information content (AvgIpc) is 2.93. The second-order valence-electron chi connectivity index (χ2n) is 9.00. The van der Waals surface area contributed by atoms with Crippen LogP contribution in [0.3, 0.4) is 0 Å². The van der Waals surface area contributed by atoms with Gasteiger partial charge in [-0.2, -0.15) is 0 Å². The van der Waals surface area contributed by atoms with E-state index in [1.807, 2.05) is 61.5 Å². The van der Waals surface area contributed by atoms with E-state index in [1.54, 1.807) is 11.5 Å². The van der Waals surface area contributed by atoms with Crippen LogP contribution in [-0.4, -0.2) is 14.5 Å². The van der Waals surface area contributed by atoms with Gasteiger partial charge in [0.05, 0.1) is 18.0 Å². The lowest BCUT2D eigenvalue weighted by molar-refractivity contribution is 0.772. The second kappa shape index (κ2) is 10.1. The van der Waals surface area contributed by atoms with Gasteiger partial charge in [-0.25, -0.2) is 9.83 Å². The lowest BCUT2D eigenvalue weighted by atomic mass is 9.96. The zero-order chi connectivity index (χ0) is 25.9. The Labute approximate surface area is 216 Å². The van der Waals surface area contributed by atoms with Crippen molar-refractivity contribution in [3.05, 3.63) is 124 Å². The first-order valence-corrected chi connectivity index (χ1v) is 12.3. The molecule has 5 rings (SSSR count). The molecule has 0 saturated carbocycles. The molecule has 0 radical (unpaired) electrons. The molecule has 5 aromatic rings. The number of hydrogen-bond acceptors (Lipinski definition) is 4. The van der Waals surface area contributed by atoms with Crippen LogP contribution >= 0.6 is 0 Å². The zero-order valence-corrected chi connectivity index (χ0v) is 21.1. The molecular formula is C31H27N5O. The lowest BCUT2D eigenvalue weighted by Crippen LogP contribution is -2.26. The van der Waals surface area contributed by atoms with Crippen molar-refractivity contribution >= 4 is 22.3 Å². The van der Waals surface area contributed by atoms with Gasteiger partial charge in [-0.15, -0.1) is 0 Å². The van der Waals surface area contributed by atoms with Gasteiger partial charge in [-0.3, -0.25) is 14.3 Å². The van der Waals surface area contributed by atoms with Crippen LogP contribution in [0.5, 0.6) is 0 Å². The Morgan fingerprint density at radius 2 is 1.81 bits per heavy atom. The average molecular weight is 486 g/mol. The summed E-state index contributed by atoms with van der Waals surface area (Å²) in [5, 5.41) is 4.90. The summed E-state index contributed by atoms with van der Waals surface area (Å²) >= 11 is 0. The Morgan fingerprint density at radius 3 is 2.57 bits per heavy atom. The van der Waals surface area contributed by atoms with E-state index in [-0.39, 0.29) is 11.6 Å². The molecule has 0 aliphatic heterocycles. The first-order valence-electron chi connectivity index (χ1n) is 12.3. The van der Waals surface area contributed by atoms with E-state index < -0.39 is 0 Å². The van der Waals surface area contributed by atoms with Crippen LogP contribution < -0.4 is 10.9 Å². The van der Waals surface area contributed by atoms with Crippen molar-refractivity contribution in [1.29, 1.82) is 0 Å². The summed E-state index contributed by atoms with van der Waals surface area (Å²) in [6.45, 7) is 13.4. The number of aromatic nitrogens is 3. The minimum Gasteiger partial charge on any atom is -0.371 e. The van der Waals surface area contributed by atoms with Crippen molar-refractivity contribution < 1.29 is 0 Å². The summed E-state index contributed by atoms with van der Waals surface area (Å²) < 4.78 is 1.76. The first kappa shape index (κ1) is 24.0. The molecule has 0 aliphatic carbocycles. The number of para-hydroxylation sites is 1. The second-order valence-corrected chi connectivity index (χ2v) is 9.00. The highest BCUT2D eigenvalue weighted by molar-refractivity contribution is 5.96. The SMILES string of the molecule is [C-]#[N+]c1cnc(C)nc1N[C@@H](C)c1cc2cccc(-c3cccc(CC)c3)c2c(=O)n1-c1ccccc1. The highest BCUT2D eigenvalue weighted by atomic mass is 16.1. The Kier molecular flexibility index (Phi) is 6.53. The Morgan fingerprint density at radius 1 is 1.03 bits per heavy atom. The minimum absolute atomic E-state index is 0.0888. The molecule has 2 heterocycles. The van der Waals surface area contributed by atoms with Gasteiger partial charge in [0.1, 0.15) is 11.6 Å². The predicted molar refractivity (Wildman–Crippen MR) is 149 cm³/mol. The van der Waals surface area contributed by atoms with Gasteiger partial charge in [0.25, 0.3) is 5.56 Å². The third-order valence-electron chi connectivity index (χ3n) is 6.54. The molecule has 0 unspecified atom stereocenters. The van der Waals surface area contributed by atoms with Gasteiger partial charge in [0.15, 0.2) is 0 Å². The van der Waals surface area contributed by atoms with Crippen LogP contribution in [0.25, 0.3) is 32.4 Å². The molecule has 0 spiro atoms. The van der Waals surface area contributed by atoms with Crippen LogP contribution in [0, 0.1) is 13.5 Å². The molecule has 0 amide bonds. The number of benzene rings is 3. The highest BCUT2D eigenvalue weighted by Crippen LogP contribution is 2.32. The van der Waals surface area contributed by atoms with Gasteiger partial charge < -0.3 is 5.32 Å². The number of aryl methyl sites for hydroxylation is 2. The Bertz CT molecular complexity index is 1700. The van der Waals surface area contributed by atoms with E-state index in [2.05, 4.69) is 51.3 Å². The first-order chi connectivity index (χ1) is 18.0. The third kappa shape index (κ3) is 4.60. The highest BCUT2D eigenvalue weighted by Gasteiger charge is 2.20. The van der Waals surface area contributed by atoms with Crippen molar-refractivity contribution in [2.75, 3.05) is 5.32 Å². The van der Waals surface area contributed by atoms with E-state index in [0.29, 0.717) is 22.7 Å². The summed E-state index contributed by atoms with van der Waals surface area (Å²) in [7, 11) is 0. The molecule has 6 heteroatoms. The standard InChI is InChI=1S/C31H27N5O/c1-5-22-11-9-12-23(17-22)26-16-10-13-24-18-28(20(2)34-30-27(32-4)19-33-21(3)35-30)36(31(37)29(24)26)25-14-7-6-8-15-25/h6-20H,5H2,1-3H3,(H,33,34,35)/t20-/m0/s1. The summed E-state index contributed by atoms with van der Waals surface area (Å²) in [5.41, 5.74) is 4.96. The van der Waals surface area contributed by atoms with Crippen LogP contribution in [-0.2, 0) is 6.42 Å². The maximum Gasteiger partial charge on any atom is 0.263 e. The Balaban J connectivity index is 1.74. The largest absolute Gasteiger partial charge is 0.371 e. The van der Waals surface area contributed by atoms with Crippen LogP contribution in [0.4, 0.5) is 11.5 Å². The van der Waals surface area contributed by atoms with Gasteiger partial charge in [-0.05, 0) is 60.5 Å². The Hall–Kier alpha value is -4.76. The van der Waals surface area contributed by atoms with E-state index in [9.17, 15) is 4.79 Å². The summed E-state index contributed by atoms with van der Waals surface area (Å²) in [4.78, 5) is 26.4. The molecule has 3 aromatic carbocycles. The number of pyridine rings is 1. The van der Waals surface area contributed by atoms with E-state index in [0.717, 1.165) is 34.3 Å². The summed E-state index contributed by atoms with van der Waals surface area (Å²) in [6.07, 6.45) is 2.45. The molecule has 1 N–H and O–H groups in total. The van der Waals surface area contributed by atoms with E-state index >= 15 is 0 Å². The molecule has 2 aromatic heterocycles. The normalized spacial score (nSPS) is 11.7. The number of anilines is 1. The number of nitrogens with one attached hydrogen (secondary N) is 1. The van der Waals surface area contributed by atoms with Crippen molar-refractivity contribution in [3.63, 3.8) is 0 Å². The summed E-state index contributed by atoms with van der Waals surface area (Å²) in [5.74, 6) is 1.02. The smallest absolute Gasteiger partial charge is 0.263 e. The molecular weight excluding hydrogens is 458 g/mol. The molecule has 6 nitrogen and oxygen atoms in total. The molecule has 0 fully saturated rings. The van der Waals surface area contributed by atoms with E-state index in [1.165, 1.54) is 11.8 Å². The van der Waals surface area contributed by atoms with Gasteiger partial charge >= 0.3 is 0 Å². The molecule has 37 heavy (non-hydrogen) atoms. The number of rotatable bonds is 6. The molecule has 0 saturated heterocycles. The third-order valence-corrected chi connectivity index (χ3v) is 6.54. The van der Waals surface area contributed by atoms with Crippen LogP contribution in [0.2, 0.25) is 0 Å². The molecule has 0 aliphatic rings. The van der Waals surface area contributed by atoms with E-state index in [4.69, 9.17) is 6.57 Å². The maximum absolute atomic E-state index is 14.3. The van der Waals surface area contributed by atoms with Gasteiger partial charge in [-0.1, -0.05) is 67.6 Å². The topological polar surface area (TPSA) is 64.2 Å².